The quantitative estimate of drug-likeness (QED) is 0.851. The Balaban J connectivity index is 2.05. The summed E-state index contributed by atoms with van der Waals surface area (Å²) in [6, 6.07) is 15.2. The van der Waals surface area contributed by atoms with Crippen LogP contribution in [0.4, 0.5) is 0 Å². The molecule has 2 aromatic rings. The van der Waals surface area contributed by atoms with E-state index in [0.717, 1.165) is 17.0 Å². The van der Waals surface area contributed by atoms with E-state index in [4.69, 9.17) is 23.2 Å². The summed E-state index contributed by atoms with van der Waals surface area (Å²) in [5.41, 5.74) is 0.947. The van der Waals surface area contributed by atoms with Gasteiger partial charge in [0.2, 0.25) is 5.91 Å². The highest BCUT2D eigenvalue weighted by Crippen LogP contribution is 2.39. The van der Waals surface area contributed by atoms with Gasteiger partial charge in [-0.05, 0) is 23.9 Å². The minimum absolute atomic E-state index is 0.142. The van der Waals surface area contributed by atoms with Gasteiger partial charge >= 0.3 is 0 Å². The van der Waals surface area contributed by atoms with Crippen molar-refractivity contribution in [3.05, 3.63) is 87.9 Å². The fourth-order valence-electron chi connectivity index (χ4n) is 3.02. The first-order valence-corrected chi connectivity index (χ1v) is 8.36. The molecule has 2 aromatic carbocycles. The first-order chi connectivity index (χ1) is 11.5. The lowest BCUT2D eigenvalue weighted by Gasteiger charge is -2.40. The van der Waals surface area contributed by atoms with Gasteiger partial charge in [-0.1, -0.05) is 65.7 Å². The number of halogens is 2. The second-order valence-electron chi connectivity index (χ2n) is 5.73. The maximum absolute atomic E-state index is 11.9. The van der Waals surface area contributed by atoms with Crippen LogP contribution in [0.1, 0.15) is 24.5 Å². The molecule has 3 nitrogen and oxygen atoms in total. The molecule has 0 saturated heterocycles. The highest BCUT2D eigenvalue weighted by molar-refractivity contribution is 6.32. The topological polar surface area (TPSA) is 41.1 Å². The van der Waals surface area contributed by atoms with Crippen LogP contribution in [0.25, 0.3) is 0 Å². The van der Waals surface area contributed by atoms with E-state index in [1.54, 1.807) is 0 Å². The lowest BCUT2D eigenvalue weighted by molar-refractivity contribution is -0.121. The third kappa shape index (κ3) is 3.28. The minimum Gasteiger partial charge on any atom is -0.365 e. The fraction of sp³-hybridized carbons (Fsp3) is 0.158. The van der Waals surface area contributed by atoms with Gasteiger partial charge in [-0.2, -0.15) is 0 Å². The molecule has 1 heterocycles. The van der Waals surface area contributed by atoms with Crippen LogP contribution in [0.5, 0.6) is 0 Å². The number of hydrogen-bond acceptors (Lipinski definition) is 2. The molecule has 1 unspecified atom stereocenters. The van der Waals surface area contributed by atoms with Gasteiger partial charge in [-0.15, -0.1) is 0 Å². The van der Waals surface area contributed by atoms with Crippen LogP contribution in [0, 0.1) is 5.92 Å². The molecule has 1 aliphatic heterocycles. The summed E-state index contributed by atoms with van der Waals surface area (Å²) in [4.78, 5) is 11.9. The van der Waals surface area contributed by atoms with E-state index in [1.165, 1.54) is 6.92 Å². The van der Waals surface area contributed by atoms with Gasteiger partial charge in [0.1, 0.15) is 5.66 Å². The first-order valence-electron chi connectivity index (χ1n) is 7.60. The molecule has 0 aliphatic carbocycles. The van der Waals surface area contributed by atoms with Crippen molar-refractivity contribution in [3.8, 4) is 0 Å². The Kier molecular flexibility index (Phi) is 4.83. The van der Waals surface area contributed by atoms with Gasteiger partial charge in [0, 0.05) is 34.9 Å². The van der Waals surface area contributed by atoms with Crippen LogP contribution < -0.4 is 10.6 Å². The molecule has 0 fully saturated rings. The van der Waals surface area contributed by atoms with Crippen molar-refractivity contribution in [2.45, 2.75) is 19.0 Å². The molecular formula is C19H17Cl2N2O. The fourth-order valence-corrected chi connectivity index (χ4v) is 3.57. The molecule has 0 aromatic heterocycles. The molecule has 0 bridgehead atoms. The Hall–Kier alpha value is -1.97. The molecule has 24 heavy (non-hydrogen) atoms. The van der Waals surface area contributed by atoms with Crippen molar-refractivity contribution >= 4 is 29.1 Å². The maximum atomic E-state index is 11.9. The van der Waals surface area contributed by atoms with Gasteiger partial charge in [0.15, 0.2) is 0 Å². The van der Waals surface area contributed by atoms with Crippen LogP contribution in [0.2, 0.25) is 10.0 Å². The molecule has 123 valence electrons. The molecule has 1 aliphatic rings. The van der Waals surface area contributed by atoms with Gasteiger partial charge < -0.3 is 10.6 Å². The van der Waals surface area contributed by atoms with Crippen molar-refractivity contribution in [1.29, 1.82) is 0 Å². The number of allylic oxidation sites excluding steroid dienone is 1. The molecule has 5 heteroatoms. The Morgan fingerprint density at radius 1 is 1.08 bits per heavy atom. The number of benzene rings is 2. The van der Waals surface area contributed by atoms with E-state index in [0.29, 0.717) is 16.5 Å². The zero-order valence-electron chi connectivity index (χ0n) is 13.1. The first kappa shape index (κ1) is 16.9. The normalized spacial score (nSPS) is 20.5. The number of carbonyl (C=O) groups is 1. The smallest absolute Gasteiger partial charge is 0.218 e. The summed E-state index contributed by atoms with van der Waals surface area (Å²) < 4.78 is 0. The SMILES string of the molecule is CC(=O)NC1(c2ccccc2Cl)C[C](c2ccccc2Cl)C=CN1. The standard InChI is InChI=1S/C19H17Cl2N2O/c1-13(24)23-19(16-7-3-5-9-18(16)21)12-14(10-11-22-19)15-6-2-4-8-17(15)20/h2-11,22H,12H2,1H3,(H,23,24). The summed E-state index contributed by atoms with van der Waals surface area (Å²) in [7, 11) is 0. The summed E-state index contributed by atoms with van der Waals surface area (Å²) in [5.74, 6) is 0.879. The Morgan fingerprint density at radius 2 is 1.75 bits per heavy atom. The second kappa shape index (κ2) is 6.88. The Labute approximate surface area is 151 Å². The predicted octanol–water partition coefficient (Wildman–Crippen LogP) is 4.41. The number of nitrogens with one attached hydrogen (secondary N) is 2. The number of amides is 1. The van der Waals surface area contributed by atoms with E-state index in [-0.39, 0.29) is 5.91 Å². The van der Waals surface area contributed by atoms with E-state index in [9.17, 15) is 4.79 Å². The van der Waals surface area contributed by atoms with Crippen LogP contribution in [-0.4, -0.2) is 5.91 Å². The molecular weight excluding hydrogens is 343 g/mol. The van der Waals surface area contributed by atoms with E-state index >= 15 is 0 Å². The summed E-state index contributed by atoms with van der Waals surface area (Å²) in [6.45, 7) is 1.49. The van der Waals surface area contributed by atoms with Crippen molar-refractivity contribution in [2.75, 3.05) is 0 Å². The molecule has 1 radical (unpaired) electrons. The van der Waals surface area contributed by atoms with Crippen molar-refractivity contribution < 1.29 is 4.79 Å². The van der Waals surface area contributed by atoms with Crippen LogP contribution in [0.3, 0.4) is 0 Å². The summed E-state index contributed by atoms with van der Waals surface area (Å²) in [6.07, 6.45) is 4.32. The summed E-state index contributed by atoms with van der Waals surface area (Å²) in [5, 5.41) is 7.57. The molecule has 1 atom stereocenters. The number of carbonyl (C=O) groups excluding carboxylic acids is 1. The van der Waals surface area contributed by atoms with Crippen molar-refractivity contribution in [2.24, 2.45) is 0 Å². The van der Waals surface area contributed by atoms with Gasteiger partial charge in [-0.25, -0.2) is 0 Å². The molecule has 0 saturated carbocycles. The average molecular weight is 360 g/mol. The van der Waals surface area contributed by atoms with E-state index < -0.39 is 5.66 Å². The highest BCUT2D eigenvalue weighted by atomic mass is 35.5. The lowest BCUT2D eigenvalue weighted by atomic mass is 9.82. The van der Waals surface area contributed by atoms with Gasteiger partial charge in [0.05, 0.1) is 0 Å². The monoisotopic (exact) mass is 359 g/mol. The van der Waals surface area contributed by atoms with Crippen LogP contribution in [-0.2, 0) is 10.5 Å². The average Bonchev–Trinajstić information content (AvgIpc) is 2.55. The van der Waals surface area contributed by atoms with Crippen LogP contribution >= 0.6 is 23.2 Å². The van der Waals surface area contributed by atoms with E-state index in [1.807, 2.05) is 60.8 Å². The number of hydrogen-bond donors (Lipinski definition) is 2. The zero-order chi connectivity index (χ0) is 17.2. The molecule has 3 rings (SSSR count). The minimum atomic E-state index is -0.812. The third-order valence-electron chi connectivity index (χ3n) is 4.01. The highest BCUT2D eigenvalue weighted by Gasteiger charge is 2.39. The zero-order valence-corrected chi connectivity index (χ0v) is 14.7. The molecule has 0 spiro atoms. The van der Waals surface area contributed by atoms with Crippen molar-refractivity contribution in [3.63, 3.8) is 0 Å². The second-order valence-corrected chi connectivity index (χ2v) is 6.54. The number of rotatable bonds is 3. The summed E-state index contributed by atoms with van der Waals surface area (Å²) >= 11 is 12.8. The van der Waals surface area contributed by atoms with E-state index in [2.05, 4.69) is 10.6 Å². The van der Waals surface area contributed by atoms with Crippen molar-refractivity contribution in [1.82, 2.24) is 10.6 Å². The van der Waals surface area contributed by atoms with Crippen LogP contribution in [0.15, 0.2) is 60.8 Å². The largest absolute Gasteiger partial charge is 0.365 e. The maximum Gasteiger partial charge on any atom is 0.218 e. The Morgan fingerprint density at radius 3 is 2.42 bits per heavy atom. The van der Waals surface area contributed by atoms with Gasteiger partial charge in [0.25, 0.3) is 0 Å². The van der Waals surface area contributed by atoms with Gasteiger partial charge in [-0.3, -0.25) is 4.79 Å². The lowest BCUT2D eigenvalue weighted by Crippen LogP contribution is -2.56. The third-order valence-corrected chi connectivity index (χ3v) is 4.67. The molecule has 2 N–H and O–H groups in total. The molecule has 1 amide bonds. The predicted molar refractivity (Wildman–Crippen MR) is 97.6 cm³/mol. The Bertz CT molecular complexity index is 790.